The molecule has 0 spiro atoms. The number of aryl methyl sites for hydroxylation is 1. The topological polar surface area (TPSA) is 41.1 Å². The molecule has 1 aliphatic rings. The van der Waals surface area contributed by atoms with Gasteiger partial charge in [0.2, 0.25) is 5.91 Å². The molecule has 0 aromatic heterocycles. The number of carbonyl (C=O) groups excluding carboxylic acids is 1. The highest BCUT2D eigenvalue weighted by Gasteiger charge is 2.17. The Morgan fingerprint density at radius 1 is 1.08 bits per heavy atom. The molecule has 1 atom stereocenters. The molecule has 2 aromatic carbocycles. The molecule has 1 aliphatic heterocycles. The smallest absolute Gasteiger partial charge is 0.234 e. The van der Waals surface area contributed by atoms with Crippen molar-refractivity contribution in [1.29, 1.82) is 0 Å². The predicted octanol–water partition coefficient (Wildman–Crippen LogP) is 3.14. The Hall–Kier alpha value is -2.39. The average Bonchev–Trinajstić information content (AvgIpc) is 2.63. The highest BCUT2D eigenvalue weighted by Crippen LogP contribution is 2.12. The molecular weight excluding hydrogens is 308 g/mol. The van der Waals surface area contributed by atoms with Crippen LogP contribution < -0.4 is 10.6 Å². The number of hydrogen-bond donors (Lipinski definition) is 2. The van der Waals surface area contributed by atoms with Crippen LogP contribution in [-0.4, -0.2) is 25.0 Å². The normalized spacial score (nSPS) is 17.6. The molecule has 1 unspecified atom stereocenters. The first-order valence-corrected chi connectivity index (χ1v) is 9.06. The van der Waals surface area contributed by atoms with Gasteiger partial charge in [-0.1, -0.05) is 67.6 Å². The van der Waals surface area contributed by atoms with E-state index in [2.05, 4.69) is 78.2 Å². The van der Waals surface area contributed by atoms with E-state index in [1.165, 1.54) is 22.3 Å². The molecule has 3 heteroatoms. The van der Waals surface area contributed by atoms with E-state index < -0.39 is 0 Å². The second kappa shape index (κ2) is 8.63. The highest BCUT2D eigenvalue weighted by atomic mass is 16.2. The van der Waals surface area contributed by atoms with E-state index in [9.17, 15) is 4.79 Å². The maximum absolute atomic E-state index is 11.5. The van der Waals surface area contributed by atoms with E-state index in [-0.39, 0.29) is 11.9 Å². The fourth-order valence-electron chi connectivity index (χ4n) is 3.16. The van der Waals surface area contributed by atoms with Gasteiger partial charge in [0.15, 0.2) is 0 Å². The van der Waals surface area contributed by atoms with Gasteiger partial charge >= 0.3 is 0 Å². The molecule has 0 aliphatic carbocycles. The van der Waals surface area contributed by atoms with E-state index >= 15 is 0 Å². The molecule has 1 saturated heterocycles. The minimum atomic E-state index is 0.0846. The first kappa shape index (κ1) is 17.4. The Bertz CT molecular complexity index is 734. The molecule has 0 bridgehead atoms. The summed E-state index contributed by atoms with van der Waals surface area (Å²) in [4.78, 5) is 11.5. The number of nitrogens with one attached hydrogen (secondary N) is 2. The third-order valence-corrected chi connectivity index (χ3v) is 4.57. The molecule has 2 aromatic rings. The first-order chi connectivity index (χ1) is 12.2. The van der Waals surface area contributed by atoms with Gasteiger partial charge < -0.3 is 10.6 Å². The summed E-state index contributed by atoms with van der Waals surface area (Å²) >= 11 is 0. The summed E-state index contributed by atoms with van der Waals surface area (Å²) in [5.41, 5.74) is 5.17. The van der Waals surface area contributed by atoms with Crippen LogP contribution in [0.15, 0.2) is 54.6 Å². The van der Waals surface area contributed by atoms with Crippen LogP contribution in [0.25, 0.3) is 6.08 Å². The summed E-state index contributed by atoms with van der Waals surface area (Å²) in [5, 5.41) is 6.19. The molecule has 130 valence electrons. The first-order valence-electron chi connectivity index (χ1n) is 9.06. The molecule has 3 nitrogen and oxygen atoms in total. The van der Waals surface area contributed by atoms with Gasteiger partial charge in [0.05, 0.1) is 6.54 Å². The van der Waals surface area contributed by atoms with Crippen molar-refractivity contribution in [2.45, 2.75) is 32.2 Å². The number of allylic oxidation sites excluding steroid dienone is 1. The number of benzene rings is 2. The molecule has 1 amide bonds. The largest absolute Gasteiger partial charge is 0.351 e. The minimum absolute atomic E-state index is 0.0846. The predicted molar refractivity (Wildman–Crippen MR) is 104 cm³/mol. The van der Waals surface area contributed by atoms with Gasteiger partial charge in [-0.25, -0.2) is 0 Å². The summed E-state index contributed by atoms with van der Waals surface area (Å²) in [5.74, 6) is 0.0846. The van der Waals surface area contributed by atoms with Crippen molar-refractivity contribution in [2.75, 3.05) is 13.1 Å². The fraction of sp³-hybridized carbons (Fsp3) is 0.318. The van der Waals surface area contributed by atoms with Crippen LogP contribution in [0, 0.1) is 0 Å². The van der Waals surface area contributed by atoms with Crippen LogP contribution in [0.1, 0.15) is 29.2 Å². The van der Waals surface area contributed by atoms with Crippen LogP contribution in [0.2, 0.25) is 0 Å². The molecule has 2 N–H and O–H groups in total. The Morgan fingerprint density at radius 2 is 1.88 bits per heavy atom. The third kappa shape index (κ3) is 5.30. The molecule has 25 heavy (non-hydrogen) atoms. The van der Waals surface area contributed by atoms with Crippen molar-refractivity contribution in [2.24, 2.45) is 0 Å². The molecular formula is C22H26N2O. The standard InChI is InChI=1S/C22H26N2O/c1-2-17-9-11-18(12-10-17)5-3-6-19-7-4-8-20(13-19)14-21-15-23-16-22(25)24-21/h3-4,6-13,21,23H,2,5,14-16H2,1H3,(H,24,25). The van der Waals surface area contributed by atoms with Crippen molar-refractivity contribution in [3.8, 4) is 0 Å². The number of rotatable bonds is 6. The van der Waals surface area contributed by atoms with Gasteiger partial charge in [0.25, 0.3) is 0 Å². The average molecular weight is 334 g/mol. The monoisotopic (exact) mass is 334 g/mol. The summed E-state index contributed by atoms with van der Waals surface area (Å²) < 4.78 is 0. The Kier molecular flexibility index (Phi) is 6.02. The van der Waals surface area contributed by atoms with Crippen molar-refractivity contribution in [3.05, 3.63) is 76.9 Å². The maximum atomic E-state index is 11.5. The molecule has 1 heterocycles. The summed E-state index contributed by atoms with van der Waals surface area (Å²) in [6.45, 7) is 3.44. The SMILES string of the molecule is CCc1ccc(CC=Cc2cccc(CC3CNCC(=O)N3)c2)cc1. The van der Waals surface area contributed by atoms with Crippen molar-refractivity contribution in [1.82, 2.24) is 10.6 Å². The van der Waals surface area contributed by atoms with E-state index in [1.54, 1.807) is 0 Å². The number of carbonyl (C=O) groups is 1. The van der Waals surface area contributed by atoms with Gasteiger partial charge in [0, 0.05) is 12.6 Å². The second-order valence-electron chi connectivity index (χ2n) is 6.62. The van der Waals surface area contributed by atoms with E-state index in [1.807, 2.05) is 0 Å². The zero-order valence-corrected chi connectivity index (χ0v) is 14.8. The van der Waals surface area contributed by atoms with Crippen LogP contribution >= 0.6 is 0 Å². The van der Waals surface area contributed by atoms with Crippen LogP contribution in [0.3, 0.4) is 0 Å². The van der Waals surface area contributed by atoms with Gasteiger partial charge in [0.1, 0.15) is 0 Å². The minimum Gasteiger partial charge on any atom is -0.351 e. The van der Waals surface area contributed by atoms with Crippen molar-refractivity contribution < 1.29 is 4.79 Å². The van der Waals surface area contributed by atoms with Gasteiger partial charge in [-0.15, -0.1) is 0 Å². The molecule has 1 fully saturated rings. The molecule has 0 radical (unpaired) electrons. The zero-order chi connectivity index (χ0) is 17.5. The van der Waals surface area contributed by atoms with Crippen LogP contribution in [0.5, 0.6) is 0 Å². The quantitative estimate of drug-likeness (QED) is 0.852. The van der Waals surface area contributed by atoms with Crippen molar-refractivity contribution >= 4 is 12.0 Å². The Balaban J connectivity index is 1.57. The Labute approximate surface area is 150 Å². The van der Waals surface area contributed by atoms with Crippen LogP contribution in [0.4, 0.5) is 0 Å². The van der Waals surface area contributed by atoms with Gasteiger partial charge in [-0.3, -0.25) is 4.79 Å². The van der Waals surface area contributed by atoms with E-state index in [0.717, 1.165) is 25.8 Å². The van der Waals surface area contributed by atoms with Gasteiger partial charge in [-0.2, -0.15) is 0 Å². The molecule has 0 saturated carbocycles. The number of piperazine rings is 1. The van der Waals surface area contributed by atoms with E-state index in [4.69, 9.17) is 0 Å². The zero-order valence-electron chi connectivity index (χ0n) is 14.8. The second-order valence-corrected chi connectivity index (χ2v) is 6.62. The lowest BCUT2D eigenvalue weighted by atomic mass is 10.0. The maximum Gasteiger partial charge on any atom is 0.234 e. The third-order valence-electron chi connectivity index (χ3n) is 4.57. The van der Waals surface area contributed by atoms with Crippen LogP contribution in [-0.2, 0) is 24.1 Å². The Morgan fingerprint density at radius 3 is 2.64 bits per heavy atom. The number of hydrogen-bond acceptors (Lipinski definition) is 2. The molecule has 3 rings (SSSR count). The summed E-state index contributed by atoms with van der Waals surface area (Å²) in [6.07, 6.45) is 7.27. The number of amides is 1. The fourth-order valence-corrected chi connectivity index (χ4v) is 3.16. The highest BCUT2D eigenvalue weighted by molar-refractivity contribution is 5.79. The lowest BCUT2D eigenvalue weighted by Gasteiger charge is -2.24. The van der Waals surface area contributed by atoms with Gasteiger partial charge in [-0.05, 0) is 41.5 Å². The van der Waals surface area contributed by atoms with Crippen molar-refractivity contribution in [3.63, 3.8) is 0 Å². The summed E-state index contributed by atoms with van der Waals surface area (Å²) in [7, 11) is 0. The summed E-state index contributed by atoms with van der Waals surface area (Å²) in [6, 6.07) is 17.5. The van der Waals surface area contributed by atoms with E-state index in [0.29, 0.717) is 6.54 Å². The lowest BCUT2D eigenvalue weighted by Crippen LogP contribution is -2.52. The lowest BCUT2D eigenvalue weighted by molar-refractivity contribution is -0.122.